The third kappa shape index (κ3) is 3.64. The van der Waals surface area contributed by atoms with Crippen LogP contribution < -0.4 is 5.32 Å². The molecule has 130 valence electrons. The predicted molar refractivity (Wildman–Crippen MR) is 95.6 cm³/mol. The number of aliphatic hydroxyl groups is 1. The minimum absolute atomic E-state index is 0.169. The summed E-state index contributed by atoms with van der Waals surface area (Å²) >= 11 is 0. The number of hydrogen-bond acceptors (Lipinski definition) is 4. The first kappa shape index (κ1) is 17.0. The van der Waals surface area contributed by atoms with Crippen molar-refractivity contribution < 1.29 is 15.0 Å². The Morgan fingerprint density at radius 3 is 2.64 bits per heavy atom. The number of nitrogens with zero attached hydrogens (tertiary/aromatic N) is 2. The van der Waals surface area contributed by atoms with E-state index in [0.29, 0.717) is 12.0 Å². The highest BCUT2D eigenvalue weighted by Gasteiger charge is 2.15. The summed E-state index contributed by atoms with van der Waals surface area (Å²) in [4.78, 5) is 16.9. The molecule has 0 saturated heterocycles. The summed E-state index contributed by atoms with van der Waals surface area (Å²) in [5.74, 6) is 0.823. The Labute approximate surface area is 145 Å². The Morgan fingerprint density at radius 2 is 1.96 bits per heavy atom. The van der Waals surface area contributed by atoms with E-state index in [-0.39, 0.29) is 18.3 Å². The molecule has 0 fully saturated rings. The van der Waals surface area contributed by atoms with Crippen molar-refractivity contribution in [2.24, 2.45) is 7.05 Å². The van der Waals surface area contributed by atoms with Gasteiger partial charge >= 0.3 is 0 Å². The number of aromatic nitrogens is 2. The number of hydrogen-bond donors (Lipinski definition) is 3. The van der Waals surface area contributed by atoms with Gasteiger partial charge < -0.3 is 20.1 Å². The van der Waals surface area contributed by atoms with Crippen LogP contribution in [0.25, 0.3) is 11.0 Å². The normalized spacial score (nSPS) is 12.3. The second-order valence-corrected chi connectivity index (χ2v) is 6.15. The van der Waals surface area contributed by atoms with Gasteiger partial charge in [-0.3, -0.25) is 4.79 Å². The number of nitrogens with one attached hydrogen (secondary N) is 1. The van der Waals surface area contributed by atoms with Crippen LogP contribution in [0.4, 0.5) is 0 Å². The molecule has 3 N–H and O–H groups in total. The smallest absolute Gasteiger partial charge is 0.251 e. The summed E-state index contributed by atoms with van der Waals surface area (Å²) < 4.78 is 1.97. The Balaban J connectivity index is 1.74. The molecule has 0 aliphatic rings. The maximum absolute atomic E-state index is 12.5. The number of aromatic hydroxyl groups is 1. The molecule has 0 saturated carbocycles. The fraction of sp³-hybridized carbons (Fsp3) is 0.263. The molecule has 0 bridgehead atoms. The quantitative estimate of drug-likeness (QED) is 0.663. The third-order valence-electron chi connectivity index (χ3n) is 4.34. The maximum Gasteiger partial charge on any atom is 0.251 e. The molecule has 25 heavy (non-hydrogen) atoms. The zero-order valence-electron chi connectivity index (χ0n) is 14.2. The van der Waals surface area contributed by atoms with Gasteiger partial charge in [0.25, 0.3) is 5.91 Å². The topological polar surface area (TPSA) is 87.4 Å². The van der Waals surface area contributed by atoms with E-state index in [1.54, 1.807) is 36.4 Å². The highest BCUT2D eigenvalue weighted by Crippen LogP contribution is 2.17. The Hall–Kier alpha value is -2.86. The van der Waals surface area contributed by atoms with Crippen LogP contribution in [0.5, 0.6) is 5.75 Å². The number of rotatable bonds is 5. The first-order chi connectivity index (χ1) is 12.0. The number of imidazole rings is 1. The molecule has 0 aliphatic heterocycles. The molecule has 0 aliphatic carbocycles. The maximum atomic E-state index is 12.5. The second kappa shape index (κ2) is 6.94. The zero-order valence-corrected chi connectivity index (χ0v) is 14.2. The Morgan fingerprint density at radius 1 is 1.24 bits per heavy atom. The molecule has 0 unspecified atom stereocenters. The SMILES string of the molecule is Cc1nc2cc(C(=O)N[C@H](CO)Cc3ccc(O)cc3)ccc2n1C. The average Bonchev–Trinajstić information content (AvgIpc) is 2.89. The third-order valence-corrected chi connectivity index (χ3v) is 4.34. The van der Waals surface area contributed by atoms with Gasteiger partial charge in [-0.2, -0.15) is 0 Å². The summed E-state index contributed by atoms with van der Waals surface area (Å²) in [6, 6.07) is 11.7. The minimum Gasteiger partial charge on any atom is -0.508 e. The number of fused-ring (bicyclic) bond motifs is 1. The van der Waals surface area contributed by atoms with Gasteiger partial charge in [0.1, 0.15) is 11.6 Å². The predicted octanol–water partition coefficient (Wildman–Crippen LogP) is 1.92. The number of phenols is 1. The van der Waals surface area contributed by atoms with E-state index >= 15 is 0 Å². The van der Waals surface area contributed by atoms with Crippen molar-refractivity contribution in [2.75, 3.05) is 6.61 Å². The van der Waals surface area contributed by atoms with Crippen molar-refractivity contribution in [2.45, 2.75) is 19.4 Å². The molecule has 0 spiro atoms. The van der Waals surface area contributed by atoms with Crippen molar-refractivity contribution in [3.63, 3.8) is 0 Å². The Kier molecular flexibility index (Phi) is 4.72. The van der Waals surface area contributed by atoms with E-state index in [2.05, 4.69) is 10.3 Å². The van der Waals surface area contributed by atoms with E-state index in [1.165, 1.54) is 0 Å². The van der Waals surface area contributed by atoms with E-state index < -0.39 is 6.04 Å². The number of carbonyl (C=O) groups excluding carboxylic acids is 1. The van der Waals surface area contributed by atoms with Gasteiger partial charge in [-0.25, -0.2) is 4.98 Å². The van der Waals surface area contributed by atoms with Crippen LogP contribution >= 0.6 is 0 Å². The lowest BCUT2D eigenvalue weighted by Crippen LogP contribution is -2.39. The summed E-state index contributed by atoms with van der Waals surface area (Å²) in [6.45, 7) is 1.75. The van der Waals surface area contributed by atoms with Crippen molar-refractivity contribution in [1.29, 1.82) is 0 Å². The van der Waals surface area contributed by atoms with Gasteiger partial charge in [-0.15, -0.1) is 0 Å². The van der Waals surface area contributed by atoms with Gasteiger partial charge in [0.15, 0.2) is 0 Å². The monoisotopic (exact) mass is 339 g/mol. The number of phenolic OH excluding ortho intramolecular Hbond substituents is 1. The highest BCUT2D eigenvalue weighted by atomic mass is 16.3. The number of aliphatic hydroxyl groups excluding tert-OH is 1. The van der Waals surface area contributed by atoms with Gasteiger partial charge in [0, 0.05) is 12.6 Å². The first-order valence-electron chi connectivity index (χ1n) is 8.10. The lowest BCUT2D eigenvalue weighted by Gasteiger charge is -2.16. The molecule has 1 aromatic heterocycles. The summed E-state index contributed by atoms with van der Waals surface area (Å²) in [7, 11) is 1.93. The molecule has 6 heteroatoms. The molecule has 1 atom stereocenters. The molecule has 3 aromatic rings. The molecular formula is C19H21N3O3. The van der Waals surface area contributed by atoms with Crippen molar-refractivity contribution in [1.82, 2.24) is 14.9 Å². The van der Waals surface area contributed by atoms with E-state index in [4.69, 9.17) is 0 Å². The van der Waals surface area contributed by atoms with Crippen molar-refractivity contribution in [3.8, 4) is 5.75 Å². The van der Waals surface area contributed by atoms with Gasteiger partial charge in [-0.1, -0.05) is 12.1 Å². The van der Waals surface area contributed by atoms with E-state index in [1.807, 2.05) is 24.6 Å². The van der Waals surface area contributed by atoms with Crippen molar-refractivity contribution in [3.05, 3.63) is 59.4 Å². The largest absolute Gasteiger partial charge is 0.508 e. The summed E-state index contributed by atoms with van der Waals surface area (Å²) in [6.07, 6.45) is 0.480. The zero-order chi connectivity index (χ0) is 18.0. The molecule has 1 heterocycles. The molecule has 3 rings (SSSR count). The van der Waals surface area contributed by atoms with Crippen molar-refractivity contribution >= 4 is 16.9 Å². The minimum atomic E-state index is -0.404. The summed E-state index contributed by atoms with van der Waals surface area (Å²) in [5, 5.41) is 21.7. The Bertz CT molecular complexity index is 900. The fourth-order valence-electron chi connectivity index (χ4n) is 2.81. The lowest BCUT2D eigenvalue weighted by atomic mass is 10.1. The molecule has 1 amide bonds. The number of amides is 1. The number of benzene rings is 2. The van der Waals surface area contributed by atoms with E-state index in [9.17, 15) is 15.0 Å². The molecular weight excluding hydrogens is 318 g/mol. The van der Waals surface area contributed by atoms with Crippen LogP contribution in [0.15, 0.2) is 42.5 Å². The second-order valence-electron chi connectivity index (χ2n) is 6.15. The van der Waals surface area contributed by atoms with Crippen LogP contribution in [0.3, 0.4) is 0 Å². The molecule has 0 radical (unpaired) electrons. The van der Waals surface area contributed by atoms with Crippen LogP contribution in [0, 0.1) is 6.92 Å². The van der Waals surface area contributed by atoms with Gasteiger partial charge in [0.2, 0.25) is 0 Å². The van der Waals surface area contributed by atoms with E-state index in [0.717, 1.165) is 22.4 Å². The van der Waals surface area contributed by atoms with Crippen LogP contribution in [-0.2, 0) is 13.5 Å². The lowest BCUT2D eigenvalue weighted by molar-refractivity contribution is 0.0916. The van der Waals surface area contributed by atoms with Gasteiger partial charge in [-0.05, 0) is 49.2 Å². The molecule has 2 aromatic carbocycles. The first-order valence-corrected chi connectivity index (χ1v) is 8.10. The number of aryl methyl sites for hydroxylation is 2. The van der Waals surface area contributed by atoms with Crippen LogP contribution in [-0.4, -0.2) is 38.3 Å². The standard InChI is InChI=1S/C19H21N3O3/c1-12-20-17-10-14(5-8-18(17)22(12)2)19(25)21-15(11-23)9-13-3-6-16(24)7-4-13/h3-8,10,15,23-24H,9,11H2,1-2H3,(H,21,25)/t15-/m0/s1. The fourth-order valence-corrected chi connectivity index (χ4v) is 2.81. The van der Waals surface area contributed by atoms with Gasteiger partial charge in [0.05, 0.1) is 23.7 Å². The van der Waals surface area contributed by atoms with Crippen LogP contribution in [0.1, 0.15) is 21.7 Å². The highest BCUT2D eigenvalue weighted by molar-refractivity contribution is 5.97. The van der Waals surface area contributed by atoms with Crippen LogP contribution in [0.2, 0.25) is 0 Å². The number of carbonyl (C=O) groups is 1. The molecule has 6 nitrogen and oxygen atoms in total. The summed E-state index contributed by atoms with van der Waals surface area (Å²) in [5.41, 5.74) is 3.17. The average molecular weight is 339 g/mol.